The van der Waals surface area contributed by atoms with Crippen molar-refractivity contribution in [3.05, 3.63) is 82.6 Å². The summed E-state index contributed by atoms with van der Waals surface area (Å²) in [6.45, 7) is 1.58. The number of benzene rings is 1. The van der Waals surface area contributed by atoms with Gasteiger partial charge >= 0.3 is 0 Å². The van der Waals surface area contributed by atoms with Crippen molar-refractivity contribution in [3.8, 4) is 0 Å². The van der Waals surface area contributed by atoms with Gasteiger partial charge < -0.3 is 16.4 Å². The zero-order valence-corrected chi connectivity index (χ0v) is 17.2. The van der Waals surface area contributed by atoms with Crippen LogP contribution in [0.25, 0.3) is 5.70 Å². The van der Waals surface area contributed by atoms with E-state index in [1.54, 1.807) is 14.0 Å². The molecule has 168 valence electrons. The maximum absolute atomic E-state index is 13.4. The lowest BCUT2D eigenvalue weighted by atomic mass is 10.0. The van der Waals surface area contributed by atoms with E-state index in [1.165, 1.54) is 48.7 Å². The van der Waals surface area contributed by atoms with Gasteiger partial charge in [-0.2, -0.15) is 5.10 Å². The average molecular weight is 447 g/mol. The maximum atomic E-state index is 13.4. The lowest BCUT2D eigenvalue weighted by Gasteiger charge is -2.15. The van der Waals surface area contributed by atoms with Crippen LogP contribution in [0.1, 0.15) is 35.4 Å². The van der Waals surface area contributed by atoms with Crippen LogP contribution in [-0.4, -0.2) is 28.5 Å². The van der Waals surface area contributed by atoms with Gasteiger partial charge in [-0.25, -0.2) is 27.2 Å². The maximum Gasteiger partial charge on any atom is 0.280 e. The van der Waals surface area contributed by atoms with Crippen LogP contribution in [0, 0.1) is 12.3 Å². The van der Waals surface area contributed by atoms with E-state index in [9.17, 15) is 17.6 Å². The van der Waals surface area contributed by atoms with E-state index in [2.05, 4.69) is 20.7 Å². The SMILES string of the molecule is CN/C(=C1/C=C\N=C(n2nc(C)cc2C(F)F)/C=C(\N)NC1=N)c1ccc(C(F)F)cc1. The summed E-state index contributed by atoms with van der Waals surface area (Å²) in [5, 5.41) is 18.1. The number of nitrogens with zero attached hydrogens (tertiary/aromatic N) is 3. The molecule has 11 heteroatoms. The number of aryl methyl sites for hydroxylation is 1. The summed E-state index contributed by atoms with van der Waals surface area (Å²) < 4.78 is 53.5. The van der Waals surface area contributed by atoms with Crippen LogP contribution < -0.4 is 16.4 Å². The van der Waals surface area contributed by atoms with Crippen LogP contribution in [0.3, 0.4) is 0 Å². The van der Waals surface area contributed by atoms with Crippen LogP contribution in [0.2, 0.25) is 0 Å². The largest absolute Gasteiger partial charge is 0.387 e. The first-order valence-corrected chi connectivity index (χ1v) is 9.44. The van der Waals surface area contributed by atoms with Gasteiger partial charge in [0.1, 0.15) is 17.4 Å². The lowest BCUT2D eigenvalue weighted by Crippen LogP contribution is -2.30. The second-order valence-electron chi connectivity index (χ2n) is 6.79. The van der Waals surface area contributed by atoms with Gasteiger partial charge in [0, 0.05) is 30.5 Å². The number of allylic oxidation sites excluding steroid dienone is 1. The highest BCUT2D eigenvalue weighted by Gasteiger charge is 2.19. The molecule has 2 aromatic rings. The fraction of sp³-hybridized carbons (Fsp3) is 0.190. The second kappa shape index (κ2) is 9.50. The first-order valence-electron chi connectivity index (χ1n) is 9.44. The highest BCUT2D eigenvalue weighted by atomic mass is 19.3. The Kier molecular flexibility index (Phi) is 6.76. The van der Waals surface area contributed by atoms with Crippen LogP contribution in [0.4, 0.5) is 17.6 Å². The Morgan fingerprint density at radius 1 is 1.16 bits per heavy atom. The van der Waals surface area contributed by atoms with Crippen LogP contribution in [-0.2, 0) is 0 Å². The Morgan fingerprint density at radius 3 is 2.44 bits per heavy atom. The zero-order valence-electron chi connectivity index (χ0n) is 17.2. The molecule has 1 aromatic heterocycles. The predicted octanol–water partition coefficient (Wildman–Crippen LogP) is 3.84. The van der Waals surface area contributed by atoms with E-state index >= 15 is 0 Å². The van der Waals surface area contributed by atoms with Crippen molar-refractivity contribution in [3.63, 3.8) is 0 Å². The first kappa shape index (κ1) is 22.8. The second-order valence-corrected chi connectivity index (χ2v) is 6.79. The van der Waals surface area contributed by atoms with E-state index < -0.39 is 12.9 Å². The van der Waals surface area contributed by atoms with Crippen molar-refractivity contribution in [2.45, 2.75) is 19.8 Å². The zero-order chi connectivity index (χ0) is 23.4. The third kappa shape index (κ3) is 4.88. The number of nitrogens with one attached hydrogen (secondary N) is 3. The summed E-state index contributed by atoms with van der Waals surface area (Å²) in [7, 11) is 1.62. The van der Waals surface area contributed by atoms with Crippen molar-refractivity contribution < 1.29 is 17.6 Å². The van der Waals surface area contributed by atoms with E-state index in [4.69, 9.17) is 11.1 Å². The number of alkyl halides is 4. The van der Waals surface area contributed by atoms with Gasteiger partial charge in [-0.05, 0) is 24.6 Å². The Hall–Kier alpha value is -3.89. The molecule has 0 radical (unpaired) electrons. The number of halogens is 4. The Bertz CT molecular complexity index is 1130. The van der Waals surface area contributed by atoms with Crippen molar-refractivity contribution >= 4 is 17.4 Å². The molecule has 0 atom stereocenters. The predicted molar refractivity (Wildman–Crippen MR) is 114 cm³/mol. The van der Waals surface area contributed by atoms with Crippen molar-refractivity contribution in [1.29, 1.82) is 5.41 Å². The van der Waals surface area contributed by atoms with E-state index in [1.807, 2.05) is 0 Å². The molecule has 0 unspecified atom stereocenters. The topological polar surface area (TPSA) is 104 Å². The average Bonchev–Trinajstić information content (AvgIpc) is 3.16. The third-order valence-corrected chi connectivity index (χ3v) is 4.54. The molecule has 3 rings (SSSR count). The Labute approximate surface area is 181 Å². The molecule has 5 N–H and O–H groups in total. The molecule has 0 fully saturated rings. The molecule has 1 aliphatic heterocycles. The minimum atomic E-state index is -2.78. The summed E-state index contributed by atoms with van der Waals surface area (Å²) in [6, 6.07) is 6.85. The molecule has 2 heterocycles. The first-order chi connectivity index (χ1) is 15.2. The normalized spacial score (nSPS) is 20.4. The molecule has 0 spiro atoms. The van der Waals surface area contributed by atoms with E-state index in [-0.39, 0.29) is 28.7 Å². The number of amidine groups is 1. The van der Waals surface area contributed by atoms with Gasteiger partial charge in [-0.3, -0.25) is 5.41 Å². The number of nitrogens with two attached hydrogens (primary N) is 1. The molecular weight excluding hydrogens is 426 g/mol. The van der Waals surface area contributed by atoms with Crippen LogP contribution in [0.5, 0.6) is 0 Å². The molecule has 0 bridgehead atoms. The van der Waals surface area contributed by atoms with Crippen LogP contribution >= 0.6 is 0 Å². The van der Waals surface area contributed by atoms with Crippen molar-refractivity contribution in [1.82, 2.24) is 20.4 Å². The Balaban J connectivity index is 2.09. The third-order valence-electron chi connectivity index (χ3n) is 4.54. The highest BCUT2D eigenvalue weighted by molar-refractivity contribution is 6.07. The smallest absolute Gasteiger partial charge is 0.280 e. The summed E-state index contributed by atoms with van der Waals surface area (Å²) in [6.07, 6.45) is -1.28. The summed E-state index contributed by atoms with van der Waals surface area (Å²) >= 11 is 0. The minimum absolute atomic E-state index is 0.0215. The standard InChI is InChI=1S/C21H21F4N7/c1-11-9-15(20(24)25)32(31-11)17-10-16(26)30-21(27)14(7-8-29-17)18(28-2)12-3-5-13(6-4-12)19(22)23/h3-10,19-20,28H,26H2,1-2H3,(H2,27,30)/b8-7-,16-10+,18-14-,29-17+. The number of aliphatic imine (C=N–C) groups is 1. The van der Waals surface area contributed by atoms with Gasteiger partial charge in [0.15, 0.2) is 5.84 Å². The number of hydrogen-bond acceptors (Lipinski definition) is 5. The molecule has 1 aliphatic rings. The molecule has 0 amide bonds. The van der Waals surface area contributed by atoms with Crippen molar-refractivity contribution in [2.75, 3.05) is 7.05 Å². The monoisotopic (exact) mass is 447 g/mol. The fourth-order valence-electron chi connectivity index (χ4n) is 3.11. The van der Waals surface area contributed by atoms with E-state index in [0.717, 1.165) is 4.68 Å². The van der Waals surface area contributed by atoms with Gasteiger partial charge in [0.25, 0.3) is 12.9 Å². The molecule has 0 aliphatic carbocycles. The summed E-state index contributed by atoms with van der Waals surface area (Å²) in [5.41, 5.74) is 7.20. The lowest BCUT2D eigenvalue weighted by molar-refractivity contribution is 0.143. The van der Waals surface area contributed by atoms with Gasteiger partial charge in [0.2, 0.25) is 0 Å². The number of aromatic nitrogens is 2. The summed E-state index contributed by atoms with van der Waals surface area (Å²) in [4.78, 5) is 4.20. The molecule has 32 heavy (non-hydrogen) atoms. The summed E-state index contributed by atoms with van der Waals surface area (Å²) in [5.74, 6) is -0.109. The van der Waals surface area contributed by atoms with Gasteiger partial charge in [0.05, 0.1) is 11.4 Å². The number of rotatable bonds is 4. The quantitative estimate of drug-likeness (QED) is 0.535. The molecule has 1 aromatic carbocycles. The molecular formula is C21H21F4N7. The van der Waals surface area contributed by atoms with E-state index in [0.29, 0.717) is 22.5 Å². The van der Waals surface area contributed by atoms with Gasteiger partial charge in [-0.15, -0.1) is 0 Å². The Morgan fingerprint density at radius 2 is 1.84 bits per heavy atom. The fourth-order valence-corrected chi connectivity index (χ4v) is 3.11. The number of hydrogen-bond donors (Lipinski definition) is 4. The van der Waals surface area contributed by atoms with Gasteiger partial charge in [-0.1, -0.05) is 24.3 Å². The highest BCUT2D eigenvalue weighted by Crippen LogP contribution is 2.24. The van der Waals surface area contributed by atoms with Crippen molar-refractivity contribution in [2.24, 2.45) is 10.7 Å². The molecule has 0 saturated heterocycles. The van der Waals surface area contributed by atoms with Crippen LogP contribution in [0.15, 0.2) is 65.1 Å². The minimum Gasteiger partial charge on any atom is -0.387 e. The molecule has 7 nitrogen and oxygen atoms in total. The molecule has 0 saturated carbocycles.